The first-order valence-corrected chi connectivity index (χ1v) is 8.67. The molecule has 0 saturated carbocycles. The fourth-order valence-corrected chi connectivity index (χ4v) is 2.43. The highest BCUT2D eigenvalue weighted by Gasteiger charge is 2.26. The summed E-state index contributed by atoms with van der Waals surface area (Å²) in [7, 11) is 0. The number of primary amides is 1. The number of hydrogen-bond acceptors (Lipinski definition) is 5. The van der Waals surface area contributed by atoms with Crippen LogP contribution in [0, 0.1) is 5.92 Å². The van der Waals surface area contributed by atoms with Gasteiger partial charge in [0.2, 0.25) is 17.7 Å². The summed E-state index contributed by atoms with van der Waals surface area (Å²) < 4.78 is 0. The van der Waals surface area contributed by atoms with Gasteiger partial charge in [0.25, 0.3) is 0 Å². The molecule has 0 aromatic heterocycles. The van der Waals surface area contributed by atoms with Gasteiger partial charge in [-0.3, -0.25) is 14.4 Å². The maximum Gasteiger partial charge on any atom is 0.328 e. The Hall–Kier alpha value is -3.36. The van der Waals surface area contributed by atoms with E-state index in [0.717, 1.165) is 6.08 Å². The van der Waals surface area contributed by atoms with Crippen molar-refractivity contribution in [3.8, 4) is 5.75 Å². The zero-order valence-electron chi connectivity index (χ0n) is 15.7. The average Bonchev–Trinajstić information content (AvgIpc) is 2.60. The lowest BCUT2D eigenvalue weighted by Crippen LogP contribution is -2.53. The van der Waals surface area contributed by atoms with Crippen LogP contribution in [-0.4, -0.2) is 46.0 Å². The van der Waals surface area contributed by atoms with E-state index in [1.807, 2.05) is 13.8 Å². The first-order chi connectivity index (χ1) is 13.1. The molecule has 1 rings (SSSR count). The Kier molecular flexibility index (Phi) is 8.67. The van der Waals surface area contributed by atoms with Gasteiger partial charge in [0.15, 0.2) is 0 Å². The van der Waals surface area contributed by atoms with Gasteiger partial charge >= 0.3 is 5.97 Å². The largest absolute Gasteiger partial charge is 0.508 e. The second kappa shape index (κ2) is 10.7. The van der Waals surface area contributed by atoms with Crippen molar-refractivity contribution in [1.29, 1.82) is 0 Å². The number of benzene rings is 1. The van der Waals surface area contributed by atoms with Gasteiger partial charge in [-0.1, -0.05) is 26.0 Å². The van der Waals surface area contributed by atoms with E-state index >= 15 is 0 Å². The van der Waals surface area contributed by atoms with E-state index < -0.39 is 35.8 Å². The molecule has 1 aromatic carbocycles. The zero-order chi connectivity index (χ0) is 21.3. The van der Waals surface area contributed by atoms with Crippen LogP contribution in [0.1, 0.15) is 25.8 Å². The molecule has 9 heteroatoms. The Morgan fingerprint density at radius 2 is 1.64 bits per heavy atom. The van der Waals surface area contributed by atoms with Crippen molar-refractivity contribution in [3.05, 3.63) is 42.0 Å². The molecule has 0 bridgehead atoms. The van der Waals surface area contributed by atoms with Gasteiger partial charge in [-0.05, 0) is 30.0 Å². The number of hydrogen-bond donors (Lipinski definition) is 5. The summed E-state index contributed by atoms with van der Waals surface area (Å²) in [5.74, 6) is -3.26. The Bertz CT molecular complexity index is 743. The molecule has 0 spiro atoms. The number of carbonyl (C=O) groups excluding carboxylic acids is 3. The standard InChI is InChI=1S/C19H25N3O6/c1-11(2)9-14(18(20)27)22-19(28)15(21-16(24)7-8-17(25)26)10-12-3-5-13(23)6-4-12/h3-8,11,14-15,23H,9-10H2,1-2H3,(H2,20,27)(H,21,24)(H,22,28)(H,25,26)/t14-,15-/m0/s1. The fourth-order valence-electron chi connectivity index (χ4n) is 2.43. The Balaban J connectivity index is 2.97. The first-order valence-electron chi connectivity index (χ1n) is 8.67. The van der Waals surface area contributed by atoms with Crippen LogP contribution < -0.4 is 16.4 Å². The topological polar surface area (TPSA) is 159 Å². The zero-order valence-corrected chi connectivity index (χ0v) is 15.7. The van der Waals surface area contributed by atoms with E-state index in [-0.39, 0.29) is 18.1 Å². The SMILES string of the molecule is CC(C)C[C@H](NC(=O)[C@H](Cc1ccc(O)cc1)NC(=O)C=CC(=O)O)C(N)=O. The van der Waals surface area contributed by atoms with Gasteiger partial charge in [-0.25, -0.2) is 4.79 Å². The lowest BCUT2D eigenvalue weighted by atomic mass is 10.0. The average molecular weight is 391 g/mol. The number of amides is 3. The van der Waals surface area contributed by atoms with Gasteiger partial charge in [-0.2, -0.15) is 0 Å². The highest BCUT2D eigenvalue weighted by atomic mass is 16.4. The van der Waals surface area contributed by atoms with E-state index in [1.54, 1.807) is 12.1 Å². The molecule has 152 valence electrons. The number of rotatable bonds is 10. The molecule has 0 unspecified atom stereocenters. The molecule has 0 fully saturated rings. The molecule has 0 heterocycles. The number of carboxylic acids is 1. The molecular formula is C19H25N3O6. The number of phenolic OH excluding ortho intramolecular Hbond substituents is 1. The summed E-state index contributed by atoms with van der Waals surface area (Å²) in [6.07, 6.45) is 1.83. The predicted molar refractivity (Wildman–Crippen MR) is 101 cm³/mol. The summed E-state index contributed by atoms with van der Waals surface area (Å²) in [6, 6.07) is 4.04. The van der Waals surface area contributed by atoms with E-state index in [4.69, 9.17) is 10.8 Å². The lowest BCUT2D eigenvalue weighted by molar-refractivity contribution is -0.132. The number of aromatic hydroxyl groups is 1. The second-order valence-corrected chi connectivity index (χ2v) is 6.70. The molecular weight excluding hydrogens is 366 g/mol. The minimum Gasteiger partial charge on any atom is -0.508 e. The van der Waals surface area contributed by atoms with Crippen molar-refractivity contribution in [2.24, 2.45) is 11.7 Å². The maximum absolute atomic E-state index is 12.7. The highest BCUT2D eigenvalue weighted by Crippen LogP contribution is 2.12. The van der Waals surface area contributed by atoms with E-state index in [2.05, 4.69) is 10.6 Å². The number of aliphatic carboxylic acids is 1. The van der Waals surface area contributed by atoms with Crippen LogP contribution in [-0.2, 0) is 25.6 Å². The van der Waals surface area contributed by atoms with E-state index in [1.165, 1.54) is 12.1 Å². The Morgan fingerprint density at radius 3 is 2.14 bits per heavy atom. The molecule has 2 atom stereocenters. The van der Waals surface area contributed by atoms with Crippen LogP contribution in [0.3, 0.4) is 0 Å². The van der Waals surface area contributed by atoms with Crippen molar-refractivity contribution < 1.29 is 29.4 Å². The van der Waals surface area contributed by atoms with Gasteiger partial charge in [0.1, 0.15) is 17.8 Å². The third kappa shape index (κ3) is 8.35. The molecule has 0 radical (unpaired) electrons. The summed E-state index contributed by atoms with van der Waals surface area (Å²) >= 11 is 0. The molecule has 1 aromatic rings. The quantitative estimate of drug-likeness (QED) is 0.355. The first kappa shape index (κ1) is 22.7. The van der Waals surface area contributed by atoms with Gasteiger partial charge in [0, 0.05) is 18.6 Å². The summed E-state index contributed by atoms with van der Waals surface area (Å²) in [4.78, 5) is 46.7. The van der Waals surface area contributed by atoms with Crippen LogP contribution >= 0.6 is 0 Å². The number of carbonyl (C=O) groups is 4. The fraction of sp³-hybridized carbons (Fsp3) is 0.368. The molecule has 0 saturated heterocycles. The van der Waals surface area contributed by atoms with Crippen molar-refractivity contribution in [1.82, 2.24) is 10.6 Å². The molecule has 3 amide bonds. The third-order valence-corrected chi connectivity index (χ3v) is 3.75. The highest BCUT2D eigenvalue weighted by molar-refractivity contribution is 5.97. The van der Waals surface area contributed by atoms with Crippen LogP contribution in [0.4, 0.5) is 0 Å². The third-order valence-electron chi connectivity index (χ3n) is 3.75. The minimum absolute atomic E-state index is 0.0453. The van der Waals surface area contributed by atoms with Gasteiger partial charge in [0.05, 0.1) is 0 Å². The molecule has 0 aliphatic rings. The summed E-state index contributed by atoms with van der Waals surface area (Å²) in [5, 5.41) is 22.9. The van der Waals surface area contributed by atoms with Crippen molar-refractivity contribution in [2.45, 2.75) is 38.8 Å². The number of nitrogens with two attached hydrogens (primary N) is 1. The summed E-state index contributed by atoms with van der Waals surface area (Å²) in [6.45, 7) is 3.74. The molecule has 0 aliphatic heterocycles. The van der Waals surface area contributed by atoms with Gasteiger partial charge < -0.3 is 26.6 Å². The second-order valence-electron chi connectivity index (χ2n) is 6.70. The normalized spacial score (nSPS) is 13.1. The van der Waals surface area contributed by atoms with E-state index in [9.17, 15) is 24.3 Å². The van der Waals surface area contributed by atoms with Gasteiger partial charge in [-0.15, -0.1) is 0 Å². The molecule has 0 aliphatic carbocycles. The van der Waals surface area contributed by atoms with Crippen LogP contribution in [0.2, 0.25) is 0 Å². The van der Waals surface area contributed by atoms with Crippen LogP contribution in [0.15, 0.2) is 36.4 Å². The van der Waals surface area contributed by atoms with Crippen LogP contribution in [0.25, 0.3) is 0 Å². The number of phenols is 1. The predicted octanol–water partition coefficient (Wildman–Crippen LogP) is 0.0765. The molecule has 6 N–H and O–H groups in total. The van der Waals surface area contributed by atoms with Crippen molar-refractivity contribution in [2.75, 3.05) is 0 Å². The number of nitrogens with one attached hydrogen (secondary N) is 2. The van der Waals surface area contributed by atoms with Crippen LogP contribution in [0.5, 0.6) is 5.75 Å². The summed E-state index contributed by atoms with van der Waals surface area (Å²) in [5.41, 5.74) is 5.98. The minimum atomic E-state index is -1.31. The molecule has 9 nitrogen and oxygen atoms in total. The van der Waals surface area contributed by atoms with E-state index in [0.29, 0.717) is 18.1 Å². The monoisotopic (exact) mass is 391 g/mol. The number of carboxylic acid groups (broad SMARTS) is 1. The van der Waals surface area contributed by atoms with Crippen molar-refractivity contribution in [3.63, 3.8) is 0 Å². The maximum atomic E-state index is 12.7. The molecule has 28 heavy (non-hydrogen) atoms. The smallest absolute Gasteiger partial charge is 0.328 e. The Morgan fingerprint density at radius 1 is 1.04 bits per heavy atom. The van der Waals surface area contributed by atoms with Crippen molar-refractivity contribution >= 4 is 23.7 Å². The Labute approximate surface area is 162 Å². The lowest BCUT2D eigenvalue weighted by Gasteiger charge is -2.22.